The second kappa shape index (κ2) is 2.95. The van der Waals surface area contributed by atoms with E-state index in [1.165, 1.54) is 0 Å². The van der Waals surface area contributed by atoms with Crippen LogP contribution < -0.4 is 0 Å². The minimum Gasteiger partial charge on any atom is -0.411 e. The van der Waals surface area contributed by atoms with Gasteiger partial charge in [0.1, 0.15) is 5.71 Å². The van der Waals surface area contributed by atoms with Gasteiger partial charge < -0.3 is 9.94 Å². The summed E-state index contributed by atoms with van der Waals surface area (Å²) in [6.07, 6.45) is 0. The van der Waals surface area contributed by atoms with Crippen LogP contribution in [0.5, 0.6) is 0 Å². The van der Waals surface area contributed by atoms with Gasteiger partial charge in [-0.2, -0.15) is 0 Å². The first kappa shape index (κ1) is 7.31. The molecule has 0 aromatic heterocycles. The summed E-state index contributed by atoms with van der Waals surface area (Å²) in [6.45, 7) is 1.00. The van der Waals surface area contributed by atoms with Crippen molar-refractivity contribution < 1.29 is 9.94 Å². The number of rotatable bonds is 0. The third-order valence-corrected chi connectivity index (χ3v) is 1.95. The molecule has 1 heterocycles. The van der Waals surface area contributed by atoms with Gasteiger partial charge in [-0.25, -0.2) is 0 Å². The van der Waals surface area contributed by atoms with Crippen molar-refractivity contribution in [3.05, 3.63) is 35.4 Å². The summed E-state index contributed by atoms with van der Waals surface area (Å²) >= 11 is 0. The molecule has 1 aromatic rings. The third kappa shape index (κ3) is 1.08. The highest BCUT2D eigenvalue weighted by Gasteiger charge is 2.14. The molecule has 1 aliphatic heterocycles. The molecular weight excluding hydrogens is 154 g/mol. The van der Waals surface area contributed by atoms with Gasteiger partial charge in [-0.1, -0.05) is 29.4 Å². The molecule has 0 saturated carbocycles. The molecule has 12 heavy (non-hydrogen) atoms. The normalized spacial score (nSPS) is 19.2. The van der Waals surface area contributed by atoms with Crippen LogP contribution in [0.3, 0.4) is 0 Å². The summed E-state index contributed by atoms with van der Waals surface area (Å²) in [5, 5.41) is 11.8. The Kier molecular flexibility index (Phi) is 1.80. The average Bonchev–Trinajstić information content (AvgIpc) is 2.17. The van der Waals surface area contributed by atoms with E-state index in [0.29, 0.717) is 18.9 Å². The largest absolute Gasteiger partial charge is 0.411 e. The molecule has 0 aliphatic carbocycles. The van der Waals surface area contributed by atoms with Crippen LogP contribution in [-0.2, 0) is 11.3 Å². The van der Waals surface area contributed by atoms with E-state index < -0.39 is 0 Å². The van der Waals surface area contributed by atoms with E-state index in [9.17, 15) is 0 Å². The number of ether oxygens (including phenoxy) is 1. The van der Waals surface area contributed by atoms with Crippen LogP contribution in [0, 0.1) is 0 Å². The Morgan fingerprint density at radius 2 is 2.08 bits per heavy atom. The van der Waals surface area contributed by atoms with Crippen molar-refractivity contribution in [1.82, 2.24) is 0 Å². The maximum Gasteiger partial charge on any atom is 0.113 e. The molecule has 62 valence electrons. The molecule has 1 N–H and O–H groups in total. The number of nitrogens with zero attached hydrogens (tertiary/aromatic N) is 1. The van der Waals surface area contributed by atoms with E-state index >= 15 is 0 Å². The molecule has 1 aromatic carbocycles. The minimum absolute atomic E-state index is 0.396. The molecule has 1 aliphatic rings. The van der Waals surface area contributed by atoms with Gasteiger partial charge in [0, 0.05) is 5.56 Å². The number of benzene rings is 1. The first-order chi connectivity index (χ1) is 5.92. The van der Waals surface area contributed by atoms with Crippen LogP contribution in [0.4, 0.5) is 0 Å². The van der Waals surface area contributed by atoms with Crippen molar-refractivity contribution in [1.29, 1.82) is 0 Å². The first-order valence-electron chi connectivity index (χ1n) is 3.79. The van der Waals surface area contributed by atoms with Crippen molar-refractivity contribution in [2.45, 2.75) is 6.61 Å². The van der Waals surface area contributed by atoms with Crippen LogP contribution in [0.25, 0.3) is 0 Å². The molecule has 0 amide bonds. The number of oxime groups is 1. The average molecular weight is 163 g/mol. The summed E-state index contributed by atoms with van der Waals surface area (Å²) < 4.78 is 5.21. The molecule has 0 spiro atoms. The van der Waals surface area contributed by atoms with Crippen LogP contribution >= 0.6 is 0 Å². The van der Waals surface area contributed by atoms with Crippen molar-refractivity contribution in [3.63, 3.8) is 0 Å². The van der Waals surface area contributed by atoms with Gasteiger partial charge in [0.05, 0.1) is 13.2 Å². The Labute approximate surface area is 70.3 Å². The number of fused-ring (bicyclic) bond motifs is 1. The highest BCUT2D eigenvalue weighted by molar-refractivity contribution is 6.02. The Morgan fingerprint density at radius 3 is 2.92 bits per heavy atom. The molecule has 0 unspecified atom stereocenters. The lowest BCUT2D eigenvalue weighted by atomic mass is 10.0. The Morgan fingerprint density at radius 1 is 1.25 bits per heavy atom. The van der Waals surface area contributed by atoms with Gasteiger partial charge in [0.15, 0.2) is 0 Å². The fraction of sp³-hybridized carbons (Fsp3) is 0.222. The van der Waals surface area contributed by atoms with E-state index in [-0.39, 0.29) is 0 Å². The monoisotopic (exact) mass is 163 g/mol. The molecule has 0 radical (unpaired) electrons. The van der Waals surface area contributed by atoms with E-state index in [2.05, 4.69) is 5.16 Å². The molecular formula is C9H9NO2. The van der Waals surface area contributed by atoms with Crippen molar-refractivity contribution >= 4 is 5.71 Å². The lowest BCUT2D eigenvalue weighted by Gasteiger charge is -2.16. The van der Waals surface area contributed by atoms with Gasteiger partial charge in [-0.05, 0) is 5.56 Å². The lowest BCUT2D eigenvalue weighted by molar-refractivity contribution is 0.149. The predicted molar refractivity (Wildman–Crippen MR) is 44.4 cm³/mol. The summed E-state index contributed by atoms with van der Waals surface area (Å²) in [4.78, 5) is 0. The van der Waals surface area contributed by atoms with Gasteiger partial charge in [0.25, 0.3) is 0 Å². The smallest absolute Gasteiger partial charge is 0.113 e. The van der Waals surface area contributed by atoms with Crippen LogP contribution in [0.1, 0.15) is 11.1 Å². The van der Waals surface area contributed by atoms with E-state index in [1.807, 2.05) is 24.3 Å². The summed E-state index contributed by atoms with van der Waals surface area (Å²) in [5.74, 6) is 0. The molecule has 2 rings (SSSR count). The summed E-state index contributed by atoms with van der Waals surface area (Å²) in [6, 6.07) is 7.78. The molecule has 3 heteroatoms. The zero-order valence-electron chi connectivity index (χ0n) is 6.53. The first-order valence-corrected chi connectivity index (χ1v) is 3.79. The maximum atomic E-state index is 8.65. The highest BCUT2D eigenvalue weighted by Crippen LogP contribution is 2.16. The minimum atomic E-state index is 0.396. The Hall–Kier alpha value is -1.35. The van der Waals surface area contributed by atoms with Gasteiger partial charge in [0.2, 0.25) is 0 Å². The van der Waals surface area contributed by atoms with E-state index in [1.54, 1.807) is 0 Å². The number of hydrogen-bond donors (Lipinski definition) is 1. The van der Waals surface area contributed by atoms with Crippen molar-refractivity contribution in [2.75, 3.05) is 6.61 Å². The standard InChI is InChI=1S/C9H9NO2/c11-10-9-6-12-5-7-3-1-2-4-8(7)9/h1-4,11H,5-6H2. The lowest BCUT2D eigenvalue weighted by Crippen LogP contribution is -2.18. The zero-order chi connectivity index (χ0) is 8.39. The van der Waals surface area contributed by atoms with Gasteiger partial charge in [-0.3, -0.25) is 0 Å². The summed E-state index contributed by atoms with van der Waals surface area (Å²) in [7, 11) is 0. The second-order valence-corrected chi connectivity index (χ2v) is 2.70. The van der Waals surface area contributed by atoms with Crippen molar-refractivity contribution in [3.8, 4) is 0 Å². The fourth-order valence-corrected chi connectivity index (χ4v) is 1.35. The maximum absolute atomic E-state index is 8.65. The van der Waals surface area contributed by atoms with Crippen LogP contribution in [0.2, 0.25) is 0 Å². The quantitative estimate of drug-likeness (QED) is 0.464. The molecule has 3 nitrogen and oxygen atoms in total. The molecule has 0 saturated heterocycles. The van der Waals surface area contributed by atoms with E-state index in [4.69, 9.17) is 9.94 Å². The van der Waals surface area contributed by atoms with Gasteiger partial charge in [-0.15, -0.1) is 0 Å². The predicted octanol–water partition coefficient (Wildman–Crippen LogP) is 1.40. The fourth-order valence-electron chi connectivity index (χ4n) is 1.35. The Bertz CT molecular complexity index is 320. The Balaban J connectivity index is 2.51. The summed E-state index contributed by atoms with van der Waals surface area (Å²) in [5.41, 5.74) is 2.68. The van der Waals surface area contributed by atoms with Crippen LogP contribution in [0.15, 0.2) is 29.4 Å². The third-order valence-electron chi connectivity index (χ3n) is 1.95. The molecule has 0 atom stereocenters. The second-order valence-electron chi connectivity index (χ2n) is 2.70. The SMILES string of the molecule is ON=C1COCc2ccccc21. The molecule has 0 bridgehead atoms. The highest BCUT2D eigenvalue weighted by atomic mass is 16.5. The topological polar surface area (TPSA) is 41.8 Å². The zero-order valence-corrected chi connectivity index (χ0v) is 6.53. The molecule has 0 fully saturated rings. The van der Waals surface area contributed by atoms with E-state index in [0.717, 1.165) is 11.1 Å². The van der Waals surface area contributed by atoms with Gasteiger partial charge >= 0.3 is 0 Å². The number of hydrogen-bond acceptors (Lipinski definition) is 3. The van der Waals surface area contributed by atoms with Crippen molar-refractivity contribution in [2.24, 2.45) is 5.16 Å². The van der Waals surface area contributed by atoms with Crippen LogP contribution in [-0.4, -0.2) is 17.5 Å².